The van der Waals surface area contributed by atoms with Gasteiger partial charge in [0.2, 0.25) is 0 Å². The third kappa shape index (κ3) is 3.24. The first-order valence-corrected chi connectivity index (χ1v) is 9.92. The zero-order chi connectivity index (χ0) is 17.5. The summed E-state index contributed by atoms with van der Waals surface area (Å²) in [7, 11) is 0. The summed E-state index contributed by atoms with van der Waals surface area (Å²) < 4.78 is 0. The predicted molar refractivity (Wildman–Crippen MR) is 102 cm³/mol. The van der Waals surface area contributed by atoms with Crippen LogP contribution in [0.1, 0.15) is 55.8 Å². The predicted octanol–water partition coefficient (Wildman–Crippen LogP) is 3.09. The molecular weight excluding hydrogens is 324 g/mol. The Hall–Kier alpha value is -2.24. The summed E-state index contributed by atoms with van der Waals surface area (Å²) in [6.45, 7) is 4.16. The summed E-state index contributed by atoms with van der Waals surface area (Å²) in [5.74, 6) is 2.90. The van der Waals surface area contributed by atoms with Crippen molar-refractivity contribution in [2.75, 3.05) is 22.9 Å². The van der Waals surface area contributed by atoms with Crippen LogP contribution in [0.15, 0.2) is 24.8 Å². The molecule has 5 rings (SSSR count). The van der Waals surface area contributed by atoms with Gasteiger partial charge in [0.25, 0.3) is 0 Å². The van der Waals surface area contributed by atoms with Crippen molar-refractivity contribution in [2.45, 2.75) is 63.5 Å². The van der Waals surface area contributed by atoms with E-state index in [0.29, 0.717) is 18.0 Å². The molecule has 3 fully saturated rings. The largest absolute Gasteiger partial charge is 0.356 e. The topological polar surface area (TPSA) is 58.0 Å². The molecule has 136 valence electrons. The van der Waals surface area contributed by atoms with E-state index in [2.05, 4.69) is 41.9 Å². The molecule has 0 amide bonds. The highest BCUT2D eigenvalue weighted by Crippen LogP contribution is 2.40. The van der Waals surface area contributed by atoms with Gasteiger partial charge in [-0.1, -0.05) is 0 Å². The van der Waals surface area contributed by atoms with Gasteiger partial charge < -0.3 is 9.80 Å². The molecule has 6 nitrogen and oxygen atoms in total. The fourth-order valence-corrected chi connectivity index (χ4v) is 4.12. The highest BCUT2D eigenvalue weighted by atomic mass is 15.3. The molecule has 0 aromatic carbocycles. The van der Waals surface area contributed by atoms with Gasteiger partial charge in [-0.2, -0.15) is 0 Å². The third-order valence-electron chi connectivity index (χ3n) is 5.85. The second kappa shape index (κ2) is 6.49. The average molecular weight is 350 g/mol. The molecule has 2 aromatic rings. The Morgan fingerprint density at radius 1 is 0.846 bits per heavy atom. The molecule has 3 aliphatic rings. The smallest absolute Gasteiger partial charge is 0.132 e. The second-order valence-electron chi connectivity index (χ2n) is 7.95. The van der Waals surface area contributed by atoms with Crippen molar-refractivity contribution >= 4 is 11.6 Å². The lowest BCUT2D eigenvalue weighted by Crippen LogP contribution is -2.46. The molecule has 0 N–H and O–H groups in total. The van der Waals surface area contributed by atoms with Gasteiger partial charge in [-0.25, -0.2) is 19.9 Å². The summed E-state index contributed by atoms with van der Waals surface area (Å²) in [4.78, 5) is 22.8. The minimum atomic E-state index is 0.567. The fourth-order valence-electron chi connectivity index (χ4n) is 4.12. The van der Waals surface area contributed by atoms with Crippen molar-refractivity contribution in [1.82, 2.24) is 19.9 Å². The SMILES string of the molecule is Cc1cc(N(C2CC2)C2CCN(c3cc(C4CC4)ncn3)CC2)ncn1. The van der Waals surface area contributed by atoms with E-state index in [1.165, 1.54) is 31.4 Å². The molecule has 6 heteroatoms. The zero-order valence-electron chi connectivity index (χ0n) is 15.4. The highest BCUT2D eigenvalue weighted by Gasteiger charge is 2.36. The first-order chi connectivity index (χ1) is 12.8. The number of nitrogens with zero attached hydrogens (tertiary/aromatic N) is 6. The zero-order valence-corrected chi connectivity index (χ0v) is 15.4. The average Bonchev–Trinajstić information content (AvgIpc) is 3.56. The van der Waals surface area contributed by atoms with Crippen molar-refractivity contribution in [3.05, 3.63) is 36.2 Å². The van der Waals surface area contributed by atoms with Gasteiger partial charge in [0.05, 0.1) is 0 Å². The van der Waals surface area contributed by atoms with Crippen LogP contribution in [-0.4, -0.2) is 45.1 Å². The molecule has 2 aromatic heterocycles. The van der Waals surface area contributed by atoms with Crippen LogP contribution in [0.3, 0.4) is 0 Å². The number of hydrogen-bond donors (Lipinski definition) is 0. The monoisotopic (exact) mass is 350 g/mol. The maximum Gasteiger partial charge on any atom is 0.132 e. The molecule has 26 heavy (non-hydrogen) atoms. The molecule has 0 radical (unpaired) electrons. The summed E-state index contributed by atoms with van der Waals surface area (Å²) in [5, 5.41) is 0. The third-order valence-corrected chi connectivity index (χ3v) is 5.85. The molecule has 3 heterocycles. The van der Waals surface area contributed by atoms with Crippen LogP contribution in [0.2, 0.25) is 0 Å². The Morgan fingerprint density at radius 2 is 1.58 bits per heavy atom. The highest BCUT2D eigenvalue weighted by molar-refractivity contribution is 5.45. The number of aryl methyl sites for hydroxylation is 1. The van der Waals surface area contributed by atoms with Crippen LogP contribution >= 0.6 is 0 Å². The lowest BCUT2D eigenvalue weighted by atomic mass is 10.0. The van der Waals surface area contributed by atoms with Crippen molar-refractivity contribution in [1.29, 1.82) is 0 Å². The Labute approximate surface area is 154 Å². The molecule has 1 aliphatic heterocycles. The van der Waals surface area contributed by atoms with E-state index < -0.39 is 0 Å². The van der Waals surface area contributed by atoms with Gasteiger partial charge in [-0.05, 0) is 45.4 Å². The van der Waals surface area contributed by atoms with E-state index in [4.69, 9.17) is 0 Å². The van der Waals surface area contributed by atoms with E-state index in [1.54, 1.807) is 12.7 Å². The van der Waals surface area contributed by atoms with Crippen molar-refractivity contribution in [3.63, 3.8) is 0 Å². The Bertz CT molecular complexity index is 777. The summed E-state index contributed by atoms with van der Waals surface area (Å²) >= 11 is 0. The molecular formula is C20H26N6. The van der Waals surface area contributed by atoms with Crippen LogP contribution in [-0.2, 0) is 0 Å². The molecule has 0 bridgehead atoms. The van der Waals surface area contributed by atoms with Crippen LogP contribution in [0.4, 0.5) is 11.6 Å². The van der Waals surface area contributed by atoms with Gasteiger partial charge in [0, 0.05) is 54.6 Å². The summed E-state index contributed by atoms with van der Waals surface area (Å²) in [5.41, 5.74) is 2.28. The maximum absolute atomic E-state index is 4.57. The van der Waals surface area contributed by atoms with Crippen LogP contribution < -0.4 is 9.80 Å². The van der Waals surface area contributed by atoms with E-state index in [9.17, 15) is 0 Å². The normalized spacial score (nSPS) is 21.0. The molecule has 2 saturated carbocycles. The minimum absolute atomic E-state index is 0.567. The number of rotatable bonds is 5. The number of piperidine rings is 1. The van der Waals surface area contributed by atoms with Gasteiger partial charge in [-0.3, -0.25) is 0 Å². The molecule has 1 saturated heterocycles. The van der Waals surface area contributed by atoms with Crippen molar-refractivity contribution < 1.29 is 0 Å². The molecule has 0 unspecified atom stereocenters. The second-order valence-corrected chi connectivity index (χ2v) is 7.95. The number of aromatic nitrogens is 4. The maximum atomic E-state index is 4.57. The minimum Gasteiger partial charge on any atom is -0.356 e. The Balaban J connectivity index is 1.29. The van der Waals surface area contributed by atoms with Gasteiger partial charge in [0.15, 0.2) is 0 Å². The van der Waals surface area contributed by atoms with Crippen LogP contribution in [0.25, 0.3) is 0 Å². The lowest BCUT2D eigenvalue weighted by Gasteiger charge is -2.40. The molecule has 2 aliphatic carbocycles. The van der Waals surface area contributed by atoms with Gasteiger partial charge in [-0.15, -0.1) is 0 Å². The Kier molecular flexibility index (Phi) is 3.98. The lowest BCUT2D eigenvalue weighted by molar-refractivity contribution is 0.457. The number of anilines is 2. The van der Waals surface area contributed by atoms with Crippen LogP contribution in [0.5, 0.6) is 0 Å². The standard InChI is InChI=1S/C20H26N6/c1-14-10-20(24-12-21-14)26(16-4-5-16)17-6-8-25(9-7-17)19-11-18(15-2-3-15)22-13-23-19/h10-13,15-17H,2-9H2,1H3. The fraction of sp³-hybridized carbons (Fsp3) is 0.600. The molecule has 0 spiro atoms. The van der Waals surface area contributed by atoms with E-state index >= 15 is 0 Å². The number of hydrogen-bond acceptors (Lipinski definition) is 6. The Morgan fingerprint density at radius 3 is 2.27 bits per heavy atom. The first kappa shape index (κ1) is 16.0. The molecule has 0 atom stereocenters. The summed E-state index contributed by atoms with van der Waals surface area (Å²) in [6, 6.07) is 5.58. The first-order valence-electron chi connectivity index (χ1n) is 9.92. The van der Waals surface area contributed by atoms with E-state index in [-0.39, 0.29) is 0 Å². The van der Waals surface area contributed by atoms with Crippen molar-refractivity contribution in [3.8, 4) is 0 Å². The van der Waals surface area contributed by atoms with Crippen molar-refractivity contribution in [2.24, 2.45) is 0 Å². The van der Waals surface area contributed by atoms with Gasteiger partial charge in [0.1, 0.15) is 24.3 Å². The van der Waals surface area contributed by atoms with Gasteiger partial charge >= 0.3 is 0 Å². The summed E-state index contributed by atoms with van der Waals surface area (Å²) in [6.07, 6.45) is 10.9. The van der Waals surface area contributed by atoms with E-state index in [0.717, 1.165) is 43.3 Å². The van der Waals surface area contributed by atoms with E-state index in [1.807, 2.05) is 6.92 Å². The quantitative estimate of drug-likeness (QED) is 0.826. The van der Waals surface area contributed by atoms with Crippen LogP contribution in [0, 0.1) is 6.92 Å².